The van der Waals surface area contributed by atoms with Gasteiger partial charge in [-0.25, -0.2) is 0 Å². The largest absolute Gasteiger partial charge is 0.348 e. The lowest BCUT2D eigenvalue weighted by molar-refractivity contribution is -0.113. The van der Waals surface area contributed by atoms with E-state index in [4.69, 9.17) is 0 Å². The van der Waals surface area contributed by atoms with Crippen molar-refractivity contribution < 1.29 is 9.59 Å². The predicted octanol–water partition coefficient (Wildman–Crippen LogP) is 3.32. The molecular weight excluding hydrogens is 436 g/mol. The summed E-state index contributed by atoms with van der Waals surface area (Å²) < 4.78 is 1.75. The first-order chi connectivity index (χ1) is 16.0. The van der Waals surface area contributed by atoms with Gasteiger partial charge in [0, 0.05) is 31.4 Å². The number of hydrogen-bond acceptors (Lipinski definition) is 6. The minimum atomic E-state index is -0.186. The quantitative estimate of drug-likeness (QED) is 0.421. The molecule has 0 spiro atoms. The zero-order valence-electron chi connectivity index (χ0n) is 19.2. The van der Waals surface area contributed by atoms with Gasteiger partial charge >= 0.3 is 0 Å². The van der Waals surface area contributed by atoms with Crippen molar-refractivity contribution in [3.63, 3.8) is 0 Å². The van der Waals surface area contributed by atoms with Crippen molar-refractivity contribution in [2.45, 2.75) is 32.1 Å². The summed E-state index contributed by atoms with van der Waals surface area (Å²) in [6, 6.07) is 15.2. The molecule has 8 nitrogen and oxygen atoms in total. The van der Waals surface area contributed by atoms with E-state index < -0.39 is 0 Å². The van der Waals surface area contributed by atoms with Gasteiger partial charge in [0.1, 0.15) is 6.33 Å². The van der Waals surface area contributed by atoms with E-state index in [1.54, 1.807) is 35.2 Å². The Balaban J connectivity index is 1.53. The molecule has 3 aromatic rings. The van der Waals surface area contributed by atoms with Gasteiger partial charge in [-0.15, -0.1) is 10.2 Å². The molecule has 174 valence electrons. The second-order valence-electron chi connectivity index (χ2n) is 7.61. The molecule has 9 heteroatoms. The van der Waals surface area contributed by atoms with Gasteiger partial charge in [-0.1, -0.05) is 55.9 Å². The number of benzene rings is 2. The average Bonchev–Trinajstić information content (AvgIpc) is 3.24. The van der Waals surface area contributed by atoms with Crippen molar-refractivity contribution >= 4 is 29.3 Å². The third-order valence-electron chi connectivity index (χ3n) is 5.16. The second-order valence-corrected chi connectivity index (χ2v) is 8.55. The molecule has 0 unspecified atom stereocenters. The second kappa shape index (κ2) is 12.2. The first kappa shape index (κ1) is 24.5. The Bertz CT molecular complexity index is 1080. The van der Waals surface area contributed by atoms with Crippen LogP contribution in [0.3, 0.4) is 0 Å². The summed E-state index contributed by atoms with van der Waals surface area (Å²) in [4.78, 5) is 27.3. The van der Waals surface area contributed by atoms with Crippen molar-refractivity contribution in [2.75, 3.05) is 24.2 Å². The number of rotatable bonds is 11. The molecule has 0 atom stereocenters. The Morgan fingerprint density at radius 3 is 2.55 bits per heavy atom. The molecule has 0 aliphatic heterocycles. The van der Waals surface area contributed by atoms with Crippen LogP contribution in [0.15, 0.2) is 60.0 Å². The van der Waals surface area contributed by atoms with Crippen LogP contribution >= 0.6 is 11.8 Å². The fourth-order valence-corrected chi connectivity index (χ4v) is 3.98. The molecule has 0 aliphatic carbocycles. The molecule has 1 aromatic heterocycles. The van der Waals surface area contributed by atoms with Crippen LogP contribution in [0, 0.1) is 0 Å². The van der Waals surface area contributed by atoms with Crippen molar-refractivity contribution in [3.05, 3.63) is 71.5 Å². The van der Waals surface area contributed by atoms with Crippen LogP contribution in [0.4, 0.5) is 5.69 Å². The Morgan fingerprint density at radius 1 is 1.06 bits per heavy atom. The van der Waals surface area contributed by atoms with Crippen LogP contribution in [0.25, 0.3) is 0 Å². The van der Waals surface area contributed by atoms with Crippen LogP contribution in [0.5, 0.6) is 0 Å². The van der Waals surface area contributed by atoms with E-state index in [0.717, 1.165) is 25.2 Å². The standard InChI is InChI=1S/C24H30N6O2S/c1-4-30(5-2)15-19-9-6-8-18(12-19)14-25-23(32)20-10-7-11-21(13-20)27-22(31)16-33-24-28-26-17-29(24)3/h6-13,17H,4-5,14-16H2,1-3H3,(H,25,32)(H,27,31). The number of aryl methyl sites for hydroxylation is 1. The predicted molar refractivity (Wildman–Crippen MR) is 131 cm³/mol. The number of anilines is 1. The van der Waals surface area contributed by atoms with E-state index in [1.165, 1.54) is 17.3 Å². The Labute approximate surface area is 198 Å². The summed E-state index contributed by atoms with van der Waals surface area (Å²) in [6.45, 7) is 7.65. The summed E-state index contributed by atoms with van der Waals surface area (Å²) >= 11 is 1.30. The summed E-state index contributed by atoms with van der Waals surface area (Å²) in [6.07, 6.45) is 1.59. The topological polar surface area (TPSA) is 92.2 Å². The summed E-state index contributed by atoms with van der Waals surface area (Å²) in [7, 11) is 1.82. The molecule has 0 saturated heterocycles. The number of amides is 2. The zero-order valence-corrected chi connectivity index (χ0v) is 20.1. The van der Waals surface area contributed by atoms with Gasteiger partial charge in [-0.2, -0.15) is 0 Å². The highest BCUT2D eigenvalue weighted by Gasteiger charge is 2.10. The van der Waals surface area contributed by atoms with Crippen LogP contribution < -0.4 is 10.6 Å². The number of thioether (sulfide) groups is 1. The lowest BCUT2D eigenvalue weighted by Crippen LogP contribution is -2.24. The van der Waals surface area contributed by atoms with E-state index in [1.807, 2.05) is 19.2 Å². The number of aromatic nitrogens is 3. The van der Waals surface area contributed by atoms with Gasteiger partial charge in [-0.05, 0) is 42.4 Å². The lowest BCUT2D eigenvalue weighted by atomic mass is 10.1. The van der Waals surface area contributed by atoms with Gasteiger partial charge in [0.15, 0.2) is 5.16 Å². The van der Waals surface area contributed by atoms with E-state index in [9.17, 15) is 9.59 Å². The number of carbonyl (C=O) groups is 2. The maximum atomic E-state index is 12.7. The normalized spacial score (nSPS) is 10.9. The van der Waals surface area contributed by atoms with Crippen LogP contribution in [-0.4, -0.2) is 50.3 Å². The van der Waals surface area contributed by atoms with Crippen LogP contribution in [0.2, 0.25) is 0 Å². The molecule has 1 heterocycles. The van der Waals surface area contributed by atoms with E-state index >= 15 is 0 Å². The van der Waals surface area contributed by atoms with Gasteiger partial charge in [0.05, 0.1) is 5.75 Å². The first-order valence-electron chi connectivity index (χ1n) is 10.9. The van der Waals surface area contributed by atoms with Crippen molar-refractivity contribution in [1.29, 1.82) is 0 Å². The first-order valence-corrected chi connectivity index (χ1v) is 11.9. The summed E-state index contributed by atoms with van der Waals surface area (Å²) in [5.74, 6) is -0.161. The number of hydrogen-bond donors (Lipinski definition) is 2. The summed E-state index contributed by atoms with van der Waals surface area (Å²) in [5, 5.41) is 14.2. The molecule has 0 fully saturated rings. The Kier molecular flexibility index (Phi) is 9.03. The third kappa shape index (κ3) is 7.44. The van der Waals surface area contributed by atoms with E-state index in [0.29, 0.717) is 23.0 Å². The highest BCUT2D eigenvalue weighted by atomic mass is 32.2. The molecular formula is C24H30N6O2S. The minimum Gasteiger partial charge on any atom is -0.348 e. The van der Waals surface area contributed by atoms with Gasteiger partial charge in [-0.3, -0.25) is 14.5 Å². The Morgan fingerprint density at radius 2 is 1.82 bits per heavy atom. The molecule has 0 radical (unpaired) electrons. The monoisotopic (exact) mass is 466 g/mol. The average molecular weight is 467 g/mol. The molecule has 2 aromatic carbocycles. The molecule has 33 heavy (non-hydrogen) atoms. The maximum Gasteiger partial charge on any atom is 0.251 e. The van der Waals surface area contributed by atoms with Crippen molar-refractivity contribution in [2.24, 2.45) is 7.05 Å². The fraction of sp³-hybridized carbons (Fsp3) is 0.333. The van der Waals surface area contributed by atoms with E-state index in [-0.39, 0.29) is 17.6 Å². The number of nitrogens with zero attached hydrogens (tertiary/aromatic N) is 4. The summed E-state index contributed by atoms with van der Waals surface area (Å²) in [5.41, 5.74) is 3.35. The van der Waals surface area contributed by atoms with Gasteiger partial charge < -0.3 is 15.2 Å². The molecule has 0 aliphatic rings. The van der Waals surface area contributed by atoms with Crippen molar-refractivity contribution in [1.82, 2.24) is 25.0 Å². The highest BCUT2D eigenvalue weighted by molar-refractivity contribution is 7.99. The van der Waals surface area contributed by atoms with Gasteiger partial charge in [0.2, 0.25) is 5.91 Å². The molecule has 0 saturated carbocycles. The smallest absolute Gasteiger partial charge is 0.251 e. The molecule has 2 N–H and O–H groups in total. The SMILES string of the molecule is CCN(CC)Cc1cccc(CNC(=O)c2cccc(NC(=O)CSc3nncn3C)c2)c1. The molecule has 2 amide bonds. The number of nitrogens with one attached hydrogen (secondary N) is 2. The fourth-order valence-electron chi connectivity index (χ4n) is 3.30. The van der Waals surface area contributed by atoms with Crippen LogP contribution in [0.1, 0.15) is 35.3 Å². The Hall–Kier alpha value is -3.17. The van der Waals surface area contributed by atoms with Crippen molar-refractivity contribution in [3.8, 4) is 0 Å². The van der Waals surface area contributed by atoms with E-state index in [2.05, 4.69) is 51.7 Å². The zero-order chi connectivity index (χ0) is 23.6. The highest BCUT2D eigenvalue weighted by Crippen LogP contribution is 2.16. The number of carbonyl (C=O) groups excluding carboxylic acids is 2. The molecule has 3 rings (SSSR count). The van der Waals surface area contributed by atoms with Gasteiger partial charge in [0.25, 0.3) is 5.91 Å². The maximum absolute atomic E-state index is 12.7. The molecule has 0 bridgehead atoms. The van der Waals surface area contributed by atoms with Crippen LogP contribution in [-0.2, 0) is 24.9 Å². The minimum absolute atomic E-state index is 0.175. The lowest BCUT2D eigenvalue weighted by Gasteiger charge is -2.18. The third-order valence-corrected chi connectivity index (χ3v) is 6.19.